The van der Waals surface area contributed by atoms with Crippen LogP contribution in [-0.2, 0) is 10.2 Å². The van der Waals surface area contributed by atoms with E-state index in [2.05, 4.69) is 6.58 Å². The molecule has 6 heteroatoms. The molecule has 0 aliphatic heterocycles. The van der Waals surface area contributed by atoms with E-state index in [-0.39, 0.29) is 22.9 Å². The lowest BCUT2D eigenvalue weighted by atomic mass is 9.83. The van der Waals surface area contributed by atoms with Crippen molar-refractivity contribution >= 4 is 17.4 Å². The number of benzene rings is 2. The fourth-order valence-electron chi connectivity index (χ4n) is 2.72. The summed E-state index contributed by atoms with van der Waals surface area (Å²) in [6.45, 7) is 11.9. The predicted octanol–water partition coefficient (Wildman–Crippen LogP) is 8.07. The van der Waals surface area contributed by atoms with Gasteiger partial charge in [-0.2, -0.15) is 13.2 Å². The zero-order chi connectivity index (χ0) is 25.2. The summed E-state index contributed by atoms with van der Waals surface area (Å²) in [6.07, 6.45) is 3.07. The van der Waals surface area contributed by atoms with Gasteiger partial charge in [0.05, 0.1) is 5.41 Å². The molecule has 33 heavy (non-hydrogen) atoms. The first-order chi connectivity index (χ1) is 15.5. The summed E-state index contributed by atoms with van der Waals surface area (Å²) in [4.78, 5) is 0. The molecule has 0 saturated heterocycles. The monoisotopic (exact) mass is 456 g/mol. The van der Waals surface area contributed by atoms with Crippen LogP contribution in [-0.4, -0.2) is 18.0 Å². The summed E-state index contributed by atoms with van der Waals surface area (Å²) in [5, 5.41) is 16.2. The average molecular weight is 457 g/mol. The van der Waals surface area contributed by atoms with E-state index >= 15 is 0 Å². The number of ether oxygens (including phenoxy) is 1. The van der Waals surface area contributed by atoms with Crippen molar-refractivity contribution in [1.29, 1.82) is 10.8 Å². The Kier molecular flexibility index (Phi) is 10.0. The Morgan fingerprint density at radius 2 is 1.27 bits per heavy atom. The number of hydrogen-bond donors (Lipinski definition) is 2. The maximum absolute atomic E-state index is 13.2. The molecule has 0 radical (unpaired) electrons. The summed E-state index contributed by atoms with van der Waals surface area (Å²) in [5.74, 6) is -0.543. The second-order valence-electron chi connectivity index (χ2n) is 7.39. The number of nitrogens with one attached hydrogen (secondary N) is 2. The van der Waals surface area contributed by atoms with Gasteiger partial charge in [0.1, 0.15) is 0 Å². The first-order valence-corrected chi connectivity index (χ1v) is 10.6. The van der Waals surface area contributed by atoms with Crippen molar-refractivity contribution < 1.29 is 17.9 Å². The van der Waals surface area contributed by atoms with Gasteiger partial charge in [0.15, 0.2) is 0 Å². The topological polar surface area (TPSA) is 56.9 Å². The minimum atomic E-state index is -4.39. The summed E-state index contributed by atoms with van der Waals surface area (Å²) in [7, 11) is 0. The van der Waals surface area contributed by atoms with E-state index in [4.69, 9.17) is 15.6 Å². The van der Waals surface area contributed by atoms with Crippen LogP contribution in [0.15, 0.2) is 79.4 Å². The van der Waals surface area contributed by atoms with Gasteiger partial charge >= 0.3 is 6.18 Å². The summed E-state index contributed by atoms with van der Waals surface area (Å²) in [6, 6.07) is 12.5. The smallest absolute Gasteiger partial charge is 0.397 e. The highest BCUT2D eigenvalue weighted by Gasteiger charge is 2.48. The Morgan fingerprint density at radius 1 is 0.848 bits per heavy atom. The lowest BCUT2D eigenvalue weighted by Crippen LogP contribution is -2.36. The van der Waals surface area contributed by atoms with Crippen LogP contribution in [0.3, 0.4) is 0 Å². The molecule has 0 bridgehead atoms. The Labute approximate surface area is 194 Å². The largest absolute Gasteiger partial charge is 0.421 e. The van der Waals surface area contributed by atoms with E-state index in [1.807, 2.05) is 51.1 Å². The molecule has 176 valence electrons. The van der Waals surface area contributed by atoms with Crippen LogP contribution in [0.5, 0.6) is 0 Å². The Balaban J connectivity index is 0.00000265. The number of rotatable bonds is 6. The highest BCUT2D eigenvalue weighted by atomic mass is 19.4. The molecule has 3 nitrogen and oxygen atoms in total. The molecule has 2 N–H and O–H groups in total. The normalized spacial score (nSPS) is 12.1. The molecule has 2 aromatic rings. The molecule has 0 spiro atoms. The first-order valence-electron chi connectivity index (χ1n) is 10.6. The molecule has 0 aliphatic carbocycles. The van der Waals surface area contributed by atoms with Crippen LogP contribution in [0, 0.1) is 10.8 Å². The van der Waals surface area contributed by atoms with E-state index in [9.17, 15) is 13.2 Å². The van der Waals surface area contributed by atoms with E-state index in [0.29, 0.717) is 5.56 Å². The standard InChI is InChI=1S/C25H25F3N2O.C2H6/c1-5-7-8-17(6-2)18-9-11-19(12-10-18)22(29)31-23(30)20-13-15-21(16-14-20)24(3,4)25(26,27)28;1-2/h5-16,29-30H,2H2,1,3-4H3;1-2H3/b7-5-,17-8+,29-22?,30-23?;. The lowest BCUT2D eigenvalue weighted by molar-refractivity contribution is -0.180. The predicted molar refractivity (Wildman–Crippen MR) is 131 cm³/mol. The summed E-state index contributed by atoms with van der Waals surface area (Å²) >= 11 is 0. The van der Waals surface area contributed by atoms with E-state index < -0.39 is 11.6 Å². The molecular formula is C27H31F3N2O. The highest BCUT2D eigenvalue weighted by Crippen LogP contribution is 2.40. The van der Waals surface area contributed by atoms with Crippen molar-refractivity contribution in [2.75, 3.05) is 0 Å². The van der Waals surface area contributed by atoms with Crippen molar-refractivity contribution in [3.05, 3.63) is 102 Å². The molecule has 2 aromatic carbocycles. The highest BCUT2D eigenvalue weighted by molar-refractivity contribution is 6.04. The molecular weight excluding hydrogens is 425 g/mol. The van der Waals surface area contributed by atoms with Crippen molar-refractivity contribution in [3.63, 3.8) is 0 Å². The quantitative estimate of drug-likeness (QED) is 0.258. The van der Waals surface area contributed by atoms with Gasteiger partial charge in [0.2, 0.25) is 11.8 Å². The van der Waals surface area contributed by atoms with Gasteiger partial charge in [-0.25, -0.2) is 0 Å². The van der Waals surface area contributed by atoms with Gasteiger partial charge in [-0.1, -0.05) is 69.0 Å². The fraction of sp³-hybridized carbons (Fsp3) is 0.259. The molecule has 0 unspecified atom stereocenters. The number of hydrogen-bond acceptors (Lipinski definition) is 3. The van der Waals surface area contributed by atoms with Crippen molar-refractivity contribution in [2.45, 2.75) is 46.2 Å². The molecule has 0 heterocycles. The Morgan fingerprint density at radius 3 is 1.67 bits per heavy atom. The third kappa shape index (κ3) is 7.04. The molecule has 0 amide bonds. The average Bonchev–Trinajstić information content (AvgIpc) is 2.80. The van der Waals surface area contributed by atoms with Gasteiger partial charge in [0.25, 0.3) is 0 Å². The number of halogens is 3. The minimum absolute atomic E-state index is 0.0891. The molecule has 0 aliphatic rings. The van der Waals surface area contributed by atoms with Crippen LogP contribution in [0.25, 0.3) is 5.57 Å². The van der Waals surface area contributed by atoms with Crippen LogP contribution in [0.4, 0.5) is 13.2 Å². The molecule has 0 aromatic heterocycles. The second-order valence-corrected chi connectivity index (χ2v) is 7.39. The first kappa shape index (κ1) is 27.6. The number of alkyl halides is 3. The van der Waals surface area contributed by atoms with Crippen molar-refractivity contribution in [3.8, 4) is 0 Å². The lowest BCUT2D eigenvalue weighted by Gasteiger charge is -2.28. The minimum Gasteiger partial charge on any atom is -0.421 e. The van der Waals surface area contributed by atoms with Gasteiger partial charge in [0, 0.05) is 11.1 Å². The molecule has 0 fully saturated rings. The number of allylic oxidation sites excluding steroid dienone is 5. The van der Waals surface area contributed by atoms with E-state index in [1.165, 1.54) is 24.3 Å². The van der Waals surface area contributed by atoms with Crippen molar-refractivity contribution in [2.24, 2.45) is 0 Å². The maximum atomic E-state index is 13.2. The van der Waals surface area contributed by atoms with E-state index in [0.717, 1.165) is 25.0 Å². The summed E-state index contributed by atoms with van der Waals surface area (Å²) in [5.41, 5.74) is 0.680. The van der Waals surface area contributed by atoms with E-state index in [1.54, 1.807) is 18.2 Å². The molecule has 2 rings (SSSR count). The van der Waals surface area contributed by atoms with Gasteiger partial charge in [-0.05, 0) is 61.7 Å². The zero-order valence-corrected chi connectivity index (χ0v) is 19.7. The summed E-state index contributed by atoms with van der Waals surface area (Å²) < 4.78 is 44.9. The van der Waals surface area contributed by atoms with Crippen LogP contribution < -0.4 is 0 Å². The third-order valence-electron chi connectivity index (χ3n) is 4.95. The van der Waals surface area contributed by atoms with Crippen molar-refractivity contribution in [1.82, 2.24) is 0 Å². The van der Waals surface area contributed by atoms with Gasteiger partial charge in [-0.15, -0.1) is 0 Å². The molecule has 0 atom stereocenters. The van der Waals surface area contributed by atoms with Crippen LogP contribution in [0.2, 0.25) is 0 Å². The Bertz CT molecular complexity index is 1010. The van der Waals surface area contributed by atoms with Crippen LogP contribution >= 0.6 is 0 Å². The van der Waals surface area contributed by atoms with Crippen LogP contribution in [0.1, 0.15) is 56.9 Å². The second kappa shape index (κ2) is 12.0. The van der Waals surface area contributed by atoms with Gasteiger partial charge in [-0.3, -0.25) is 10.8 Å². The maximum Gasteiger partial charge on any atom is 0.397 e. The van der Waals surface area contributed by atoms with Gasteiger partial charge < -0.3 is 4.74 Å². The molecule has 0 saturated carbocycles. The SMILES string of the molecule is C=C/C(=C\C=C/C)c1ccc(C(=N)OC(=N)c2ccc(C(C)(C)C(F)(F)F)cc2)cc1.CC. The fourth-order valence-corrected chi connectivity index (χ4v) is 2.72. The zero-order valence-electron chi connectivity index (χ0n) is 19.7. The Hall–Kier alpha value is -3.41. The third-order valence-corrected chi connectivity index (χ3v) is 4.95.